The molecule has 4 heteroatoms. The lowest BCUT2D eigenvalue weighted by molar-refractivity contribution is 0.0692. The van der Waals surface area contributed by atoms with Gasteiger partial charge in [0.2, 0.25) is 0 Å². The van der Waals surface area contributed by atoms with E-state index in [2.05, 4.69) is 4.90 Å². The Morgan fingerprint density at radius 2 is 2.06 bits per heavy atom. The highest BCUT2D eigenvalue weighted by Gasteiger charge is 2.52. The molecule has 1 spiro atoms. The third-order valence-electron chi connectivity index (χ3n) is 3.56. The van der Waals surface area contributed by atoms with Crippen molar-refractivity contribution in [3.8, 4) is 0 Å². The summed E-state index contributed by atoms with van der Waals surface area (Å²) in [7, 11) is 0. The maximum absolute atomic E-state index is 13.2. The Labute approximate surface area is 92.5 Å². The Morgan fingerprint density at radius 1 is 1.38 bits per heavy atom. The lowest BCUT2D eigenvalue weighted by Gasteiger charge is -2.42. The summed E-state index contributed by atoms with van der Waals surface area (Å²) in [5.41, 5.74) is 1.09. The second-order valence-corrected chi connectivity index (χ2v) is 4.83. The number of carboxylic acids is 1. The molecule has 1 saturated carbocycles. The predicted molar refractivity (Wildman–Crippen MR) is 57.2 cm³/mol. The number of anilines is 1. The first-order chi connectivity index (χ1) is 7.60. The fourth-order valence-electron chi connectivity index (χ4n) is 2.31. The van der Waals surface area contributed by atoms with E-state index in [1.54, 1.807) is 6.07 Å². The van der Waals surface area contributed by atoms with Gasteiger partial charge in [-0.1, -0.05) is 0 Å². The monoisotopic (exact) mass is 221 g/mol. The van der Waals surface area contributed by atoms with Crippen molar-refractivity contribution in [1.29, 1.82) is 0 Å². The number of nitrogens with zero attached hydrogens (tertiary/aromatic N) is 1. The topological polar surface area (TPSA) is 40.5 Å². The molecule has 1 heterocycles. The molecule has 2 aliphatic rings. The molecule has 16 heavy (non-hydrogen) atoms. The van der Waals surface area contributed by atoms with Gasteiger partial charge in [0.1, 0.15) is 5.82 Å². The first-order valence-corrected chi connectivity index (χ1v) is 5.38. The van der Waals surface area contributed by atoms with E-state index in [1.807, 2.05) is 0 Å². The number of halogens is 1. The summed E-state index contributed by atoms with van der Waals surface area (Å²) in [4.78, 5) is 12.9. The summed E-state index contributed by atoms with van der Waals surface area (Å²) in [6.45, 7) is 1.97. The normalized spacial score (nSPS) is 20.7. The molecule has 0 unspecified atom stereocenters. The lowest BCUT2D eigenvalue weighted by Crippen LogP contribution is -2.48. The van der Waals surface area contributed by atoms with Gasteiger partial charge in [0.25, 0.3) is 0 Å². The van der Waals surface area contributed by atoms with Gasteiger partial charge in [-0.2, -0.15) is 0 Å². The van der Waals surface area contributed by atoms with Crippen LogP contribution < -0.4 is 4.90 Å². The third-order valence-corrected chi connectivity index (χ3v) is 3.56. The van der Waals surface area contributed by atoms with Crippen molar-refractivity contribution in [1.82, 2.24) is 0 Å². The summed E-state index contributed by atoms with van der Waals surface area (Å²) in [6, 6.07) is 4.31. The Morgan fingerprint density at radius 3 is 2.62 bits per heavy atom. The van der Waals surface area contributed by atoms with Crippen LogP contribution in [0.5, 0.6) is 0 Å². The average molecular weight is 221 g/mol. The van der Waals surface area contributed by atoms with Crippen LogP contribution in [0.2, 0.25) is 0 Å². The predicted octanol–water partition coefficient (Wildman–Crippen LogP) is 2.12. The molecule has 1 aliphatic carbocycles. The van der Waals surface area contributed by atoms with Gasteiger partial charge in [0, 0.05) is 24.2 Å². The van der Waals surface area contributed by atoms with Crippen LogP contribution in [-0.2, 0) is 0 Å². The Bertz CT molecular complexity index is 460. The fourth-order valence-corrected chi connectivity index (χ4v) is 2.31. The van der Waals surface area contributed by atoms with Gasteiger partial charge in [-0.25, -0.2) is 9.18 Å². The highest BCUT2D eigenvalue weighted by molar-refractivity contribution is 5.89. The molecular formula is C12H12FNO2. The molecule has 2 fully saturated rings. The van der Waals surface area contributed by atoms with Crippen molar-refractivity contribution in [2.45, 2.75) is 12.8 Å². The van der Waals surface area contributed by atoms with Gasteiger partial charge >= 0.3 is 5.97 Å². The van der Waals surface area contributed by atoms with Crippen LogP contribution in [0.1, 0.15) is 23.2 Å². The third kappa shape index (κ3) is 1.37. The SMILES string of the molecule is O=C(O)c1cc(N2CC3(CC3)C2)ccc1F. The number of benzene rings is 1. The average Bonchev–Trinajstić information content (AvgIpc) is 2.96. The minimum atomic E-state index is -1.21. The minimum Gasteiger partial charge on any atom is -0.478 e. The lowest BCUT2D eigenvalue weighted by atomic mass is 9.95. The largest absolute Gasteiger partial charge is 0.478 e. The van der Waals surface area contributed by atoms with E-state index in [1.165, 1.54) is 25.0 Å². The molecule has 1 aromatic carbocycles. The van der Waals surface area contributed by atoms with Crippen LogP contribution in [0, 0.1) is 11.2 Å². The van der Waals surface area contributed by atoms with Gasteiger partial charge in [0.15, 0.2) is 0 Å². The Balaban J connectivity index is 1.85. The van der Waals surface area contributed by atoms with E-state index in [9.17, 15) is 9.18 Å². The number of carbonyl (C=O) groups is 1. The number of rotatable bonds is 2. The van der Waals surface area contributed by atoms with Crippen LogP contribution in [0.4, 0.5) is 10.1 Å². The van der Waals surface area contributed by atoms with Crippen LogP contribution in [0.3, 0.4) is 0 Å². The van der Waals surface area contributed by atoms with E-state index in [4.69, 9.17) is 5.11 Å². The number of hydrogen-bond donors (Lipinski definition) is 1. The molecule has 0 bridgehead atoms. The van der Waals surface area contributed by atoms with Crippen molar-refractivity contribution in [2.24, 2.45) is 5.41 Å². The minimum absolute atomic E-state index is 0.241. The van der Waals surface area contributed by atoms with Crippen LogP contribution in [0.15, 0.2) is 18.2 Å². The van der Waals surface area contributed by atoms with E-state index in [0.29, 0.717) is 5.41 Å². The van der Waals surface area contributed by atoms with E-state index < -0.39 is 11.8 Å². The quantitative estimate of drug-likeness (QED) is 0.831. The zero-order valence-electron chi connectivity index (χ0n) is 8.74. The first kappa shape index (κ1) is 9.63. The second kappa shape index (κ2) is 2.97. The Hall–Kier alpha value is -1.58. The summed E-state index contributed by atoms with van der Waals surface area (Å²) in [6.07, 6.45) is 2.55. The molecule has 1 saturated heterocycles. The van der Waals surface area contributed by atoms with E-state index in [-0.39, 0.29) is 5.56 Å². The first-order valence-electron chi connectivity index (χ1n) is 5.38. The summed E-state index contributed by atoms with van der Waals surface area (Å²) in [5.74, 6) is -1.88. The molecule has 0 aromatic heterocycles. The number of hydrogen-bond acceptors (Lipinski definition) is 2. The van der Waals surface area contributed by atoms with Crippen molar-refractivity contribution >= 4 is 11.7 Å². The zero-order valence-corrected chi connectivity index (χ0v) is 8.74. The maximum atomic E-state index is 13.2. The summed E-state index contributed by atoms with van der Waals surface area (Å²) < 4.78 is 13.2. The molecule has 1 aromatic rings. The van der Waals surface area contributed by atoms with E-state index in [0.717, 1.165) is 18.8 Å². The standard InChI is InChI=1S/C12H12FNO2/c13-10-2-1-8(5-9(10)11(15)16)14-6-12(7-14)3-4-12/h1-2,5H,3-4,6-7H2,(H,15,16). The molecule has 1 aliphatic heterocycles. The molecule has 0 atom stereocenters. The van der Waals surface area contributed by atoms with Gasteiger partial charge in [-0.3, -0.25) is 0 Å². The smallest absolute Gasteiger partial charge is 0.338 e. The molecule has 3 nitrogen and oxygen atoms in total. The number of aromatic carboxylic acids is 1. The van der Waals surface area contributed by atoms with Crippen molar-refractivity contribution in [2.75, 3.05) is 18.0 Å². The van der Waals surface area contributed by atoms with Crippen molar-refractivity contribution in [3.63, 3.8) is 0 Å². The number of carboxylic acid groups (broad SMARTS) is 1. The second-order valence-electron chi connectivity index (χ2n) is 4.83. The van der Waals surface area contributed by atoms with Crippen molar-refractivity contribution < 1.29 is 14.3 Å². The molecule has 84 valence electrons. The van der Waals surface area contributed by atoms with Crippen LogP contribution >= 0.6 is 0 Å². The maximum Gasteiger partial charge on any atom is 0.338 e. The van der Waals surface area contributed by atoms with E-state index >= 15 is 0 Å². The molecule has 3 rings (SSSR count). The molecular weight excluding hydrogens is 209 g/mol. The zero-order chi connectivity index (χ0) is 11.3. The fraction of sp³-hybridized carbons (Fsp3) is 0.417. The van der Waals surface area contributed by atoms with Gasteiger partial charge < -0.3 is 10.0 Å². The van der Waals surface area contributed by atoms with Gasteiger partial charge in [-0.15, -0.1) is 0 Å². The van der Waals surface area contributed by atoms with Crippen LogP contribution in [0.25, 0.3) is 0 Å². The molecule has 1 N–H and O–H groups in total. The highest BCUT2D eigenvalue weighted by atomic mass is 19.1. The van der Waals surface area contributed by atoms with Gasteiger partial charge in [-0.05, 0) is 31.0 Å². The molecule has 0 amide bonds. The van der Waals surface area contributed by atoms with Crippen molar-refractivity contribution in [3.05, 3.63) is 29.6 Å². The summed E-state index contributed by atoms with van der Waals surface area (Å²) >= 11 is 0. The Kier molecular flexibility index (Phi) is 1.79. The van der Waals surface area contributed by atoms with Gasteiger partial charge in [0.05, 0.1) is 5.56 Å². The molecule has 0 radical (unpaired) electrons. The van der Waals surface area contributed by atoms with Crippen LogP contribution in [-0.4, -0.2) is 24.2 Å². The summed E-state index contributed by atoms with van der Waals surface area (Å²) in [5, 5.41) is 8.82. The highest BCUT2D eigenvalue weighted by Crippen LogP contribution is 2.53.